The largest absolute Gasteiger partial charge is 0.593 e. The monoisotopic (exact) mass is 494 g/mol. The molecule has 1 unspecified atom stereocenters. The van der Waals surface area contributed by atoms with Crippen molar-refractivity contribution in [3.8, 4) is 0 Å². The van der Waals surface area contributed by atoms with Gasteiger partial charge in [0.1, 0.15) is 23.4 Å². The third-order valence-electron chi connectivity index (χ3n) is 6.77. The molecule has 34 heavy (non-hydrogen) atoms. The van der Waals surface area contributed by atoms with Gasteiger partial charge in [0.15, 0.2) is 0 Å². The third kappa shape index (κ3) is 7.21. The van der Waals surface area contributed by atoms with Crippen LogP contribution in [-0.4, -0.2) is 63.0 Å². The Bertz CT molecular complexity index is 787. The van der Waals surface area contributed by atoms with Crippen LogP contribution in [0.2, 0.25) is 0 Å². The number of nitrogens with one attached hydrogen (secondary N) is 3. The van der Waals surface area contributed by atoms with Crippen LogP contribution in [0.1, 0.15) is 78.1 Å². The van der Waals surface area contributed by atoms with Gasteiger partial charge in [-0.2, -0.15) is 4.72 Å². The molecule has 0 spiro atoms. The summed E-state index contributed by atoms with van der Waals surface area (Å²) in [5, 5.41) is 5.63. The summed E-state index contributed by atoms with van der Waals surface area (Å²) in [6.45, 7) is 3.78. The highest BCUT2D eigenvalue weighted by Crippen LogP contribution is 2.28. The summed E-state index contributed by atoms with van der Waals surface area (Å²) in [6, 6.07) is -2.22. The maximum Gasteiger partial charge on any atom is 0.284 e. The van der Waals surface area contributed by atoms with Crippen molar-refractivity contribution in [1.82, 2.24) is 20.3 Å². The average Bonchev–Trinajstić information content (AvgIpc) is 3.54. The van der Waals surface area contributed by atoms with Gasteiger partial charge in [-0.1, -0.05) is 31.9 Å². The smallest absolute Gasteiger partial charge is 0.284 e. The first kappa shape index (κ1) is 26.5. The Morgan fingerprint density at radius 2 is 1.91 bits per heavy atom. The zero-order chi connectivity index (χ0) is 24.7. The third-order valence-corrected chi connectivity index (χ3v) is 8.25. The standard InChI is InChI=1S/C24H38N4O5S/c1-3-17-10-7-5-4-6-8-11-19(25-16(2)29)24(32)28-15-9-12-20(28)22(30)26-21(17)23(31)27-34(33)18-13-14-18/h7,10,17-21H,3-6,8-9,11-15H2,1-2H3,(H,25,29)(H,26,30)(H,27,31)/b10-7-/t17-,19-,20-,21+,34?/m0/s1. The Labute approximate surface area is 205 Å². The van der Waals surface area contributed by atoms with E-state index in [2.05, 4.69) is 15.4 Å². The molecule has 4 amide bonds. The highest BCUT2D eigenvalue weighted by molar-refractivity contribution is 7.90. The molecule has 9 nitrogen and oxygen atoms in total. The topological polar surface area (TPSA) is 131 Å². The lowest BCUT2D eigenvalue weighted by Gasteiger charge is -2.31. The van der Waals surface area contributed by atoms with Crippen LogP contribution in [0.25, 0.3) is 0 Å². The molecule has 1 saturated carbocycles. The first-order valence-electron chi connectivity index (χ1n) is 12.6. The molecule has 3 aliphatic rings. The lowest BCUT2D eigenvalue weighted by molar-refractivity contribution is -0.142. The van der Waals surface area contributed by atoms with Gasteiger partial charge >= 0.3 is 0 Å². The predicted molar refractivity (Wildman–Crippen MR) is 130 cm³/mol. The molecule has 3 rings (SSSR count). The van der Waals surface area contributed by atoms with Gasteiger partial charge in [-0.15, -0.1) is 0 Å². The van der Waals surface area contributed by atoms with Gasteiger partial charge in [0.2, 0.25) is 17.7 Å². The van der Waals surface area contributed by atoms with Crippen LogP contribution in [-0.2, 0) is 30.5 Å². The van der Waals surface area contributed by atoms with E-state index in [1.165, 1.54) is 6.92 Å². The quantitative estimate of drug-likeness (QED) is 0.393. The predicted octanol–water partition coefficient (Wildman–Crippen LogP) is 1.46. The van der Waals surface area contributed by atoms with Crippen LogP contribution in [0.15, 0.2) is 12.2 Å². The molecule has 0 aromatic rings. The van der Waals surface area contributed by atoms with Gasteiger partial charge in [-0.3, -0.25) is 19.2 Å². The first-order chi connectivity index (χ1) is 16.3. The van der Waals surface area contributed by atoms with E-state index >= 15 is 0 Å². The second kappa shape index (κ2) is 12.6. The fraction of sp³-hybridized carbons (Fsp3) is 0.750. The molecule has 2 aliphatic heterocycles. The molecule has 5 atom stereocenters. The number of carbonyl (C=O) groups is 4. The number of amides is 4. The molecular formula is C24H38N4O5S. The van der Waals surface area contributed by atoms with Crippen LogP contribution in [0, 0.1) is 5.92 Å². The maximum atomic E-state index is 13.3. The molecule has 0 aromatic heterocycles. The van der Waals surface area contributed by atoms with E-state index in [0.29, 0.717) is 32.2 Å². The van der Waals surface area contributed by atoms with Gasteiger partial charge in [-0.25, -0.2) is 0 Å². The van der Waals surface area contributed by atoms with Crippen molar-refractivity contribution in [2.24, 2.45) is 5.92 Å². The van der Waals surface area contributed by atoms with E-state index in [0.717, 1.165) is 38.5 Å². The molecule has 2 heterocycles. The maximum absolute atomic E-state index is 13.3. The molecular weight excluding hydrogens is 456 g/mol. The van der Waals surface area contributed by atoms with Crippen molar-refractivity contribution in [2.75, 3.05) is 6.54 Å². The van der Waals surface area contributed by atoms with Gasteiger partial charge in [-0.05, 0) is 38.5 Å². The summed E-state index contributed by atoms with van der Waals surface area (Å²) >= 11 is -1.45. The summed E-state index contributed by atoms with van der Waals surface area (Å²) in [4.78, 5) is 53.0. The lowest BCUT2D eigenvalue weighted by atomic mass is 9.94. The zero-order valence-corrected chi connectivity index (χ0v) is 21.0. The molecule has 3 N–H and O–H groups in total. The lowest BCUT2D eigenvalue weighted by Crippen LogP contribution is -2.58. The summed E-state index contributed by atoms with van der Waals surface area (Å²) in [5.74, 6) is -1.60. The van der Waals surface area contributed by atoms with E-state index < -0.39 is 35.4 Å². The van der Waals surface area contributed by atoms with Gasteiger partial charge in [0.05, 0.1) is 11.4 Å². The van der Waals surface area contributed by atoms with E-state index in [9.17, 15) is 23.7 Å². The molecule has 1 saturated heterocycles. The number of nitrogens with zero attached hydrogens (tertiary/aromatic N) is 1. The fourth-order valence-corrected chi connectivity index (χ4v) is 5.75. The number of carbonyl (C=O) groups excluding carboxylic acids is 4. The normalized spacial score (nSPS) is 30.9. The first-order valence-corrected chi connectivity index (χ1v) is 13.8. The Morgan fingerprint density at radius 1 is 1.15 bits per heavy atom. The summed E-state index contributed by atoms with van der Waals surface area (Å²) in [6.07, 6.45) is 11.5. The minimum absolute atomic E-state index is 0.00816. The van der Waals surface area contributed by atoms with Crippen molar-refractivity contribution in [2.45, 2.75) is 101 Å². The second-order valence-corrected chi connectivity index (χ2v) is 11.0. The second-order valence-electron chi connectivity index (χ2n) is 9.53. The number of hydrogen-bond acceptors (Lipinski definition) is 5. The van der Waals surface area contributed by atoms with Crippen molar-refractivity contribution in [1.29, 1.82) is 0 Å². The summed E-state index contributed by atoms with van der Waals surface area (Å²) in [5.41, 5.74) is 0. The fourth-order valence-electron chi connectivity index (χ4n) is 4.69. The van der Waals surface area contributed by atoms with Crippen LogP contribution in [0.3, 0.4) is 0 Å². The van der Waals surface area contributed by atoms with Crippen molar-refractivity contribution in [3.63, 3.8) is 0 Å². The number of fused-ring (bicyclic) bond motifs is 1. The molecule has 190 valence electrons. The Balaban J connectivity index is 1.83. The minimum atomic E-state index is -1.45. The molecule has 2 fully saturated rings. The highest BCUT2D eigenvalue weighted by atomic mass is 32.2. The van der Waals surface area contributed by atoms with Gasteiger partial charge < -0.3 is 20.1 Å². The molecule has 10 heteroatoms. The molecule has 0 bridgehead atoms. The summed E-state index contributed by atoms with van der Waals surface area (Å²) < 4.78 is 14.9. The van der Waals surface area contributed by atoms with E-state index in [-0.39, 0.29) is 28.9 Å². The minimum Gasteiger partial charge on any atom is -0.593 e. The highest BCUT2D eigenvalue weighted by Gasteiger charge is 2.41. The van der Waals surface area contributed by atoms with Crippen molar-refractivity contribution >= 4 is 35.0 Å². The number of allylic oxidation sites excluding steroid dienone is 1. The van der Waals surface area contributed by atoms with Crippen molar-refractivity contribution < 1.29 is 23.7 Å². The molecule has 0 radical (unpaired) electrons. The van der Waals surface area contributed by atoms with Gasteiger partial charge in [0.25, 0.3) is 5.91 Å². The van der Waals surface area contributed by atoms with E-state index in [1.807, 2.05) is 19.1 Å². The molecule has 1 aliphatic carbocycles. The van der Waals surface area contributed by atoms with Crippen LogP contribution >= 0.6 is 0 Å². The van der Waals surface area contributed by atoms with Crippen LogP contribution in [0.5, 0.6) is 0 Å². The Morgan fingerprint density at radius 3 is 2.59 bits per heavy atom. The number of hydrogen-bond donors (Lipinski definition) is 3. The molecule has 0 aromatic carbocycles. The SMILES string of the molecule is CC[C@H]1/C=C\CCCCC[C@H](NC(C)=O)C(=O)N2CCC[C@H]2C(=O)N[C@H]1C(=O)N[S+]([O-])C1CC1. The number of rotatable bonds is 5. The van der Waals surface area contributed by atoms with Crippen LogP contribution in [0.4, 0.5) is 0 Å². The van der Waals surface area contributed by atoms with E-state index in [4.69, 9.17) is 0 Å². The zero-order valence-electron chi connectivity index (χ0n) is 20.2. The van der Waals surface area contributed by atoms with Gasteiger partial charge in [0, 0.05) is 32.2 Å². The van der Waals surface area contributed by atoms with E-state index in [1.54, 1.807) is 4.90 Å². The summed E-state index contributed by atoms with van der Waals surface area (Å²) in [7, 11) is 0. The average molecular weight is 495 g/mol. The van der Waals surface area contributed by atoms with Crippen molar-refractivity contribution in [3.05, 3.63) is 12.2 Å². The Kier molecular flexibility index (Phi) is 9.82. The van der Waals surface area contributed by atoms with Crippen LogP contribution < -0.4 is 15.4 Å². The Hall–Kier alpha value is -2.07.